The molecule has 6 heteroatoms. The number of aromatic nitrogens is 4. The van der Waals surface area contributed by atoms with Crippen LogP contribution in [-0.2, 0) is 0 Å². The van der Waals surface area contributed by atoms with Crippen LogP contribution in [0.1, 0.15) is 10.4 Å². The van der Waals surface area contributed by atoms with Gasteiger partial charge in [0.15, 0.2) is 6.29 Å². The predicted molar refractivity (Wildman–Crippen MR) is 69.9 cm³/mol. The maximum atomic E-state index is 13.2. The van der Waals surface area contributed by atoms with E-state index in [4.69, 9.17) is 0 Å². The van der Waals surface area contributed by atoms with Gasteiger partial charge in [-0.2, -0.15) is 5.10 Å². The molecule has 0 spiro atoms. The quantitative estimate of drug-likeness (QED) is 0.684. The molecule has 0 atom stereocenters. The van der Waals surface area contributed by atoms with Crippen LogP contribution >= 0.6 is 0 Å². The molecule has 98 valence electrons. The number of hydrogen-bond acceptors (Lipinski definition) is 4. The summed E-state index contributed by atoms with van der Waals surface area (Å²) in [6.45, 7) is 0. The molecule has 2 aromatic heterocycles. The number of carbonyl (C=O) groups is 1. The minimum absolute atomic E-state index is 0.369. The fraction of sp³-hybridized carbons (Fsp3) is 0. The first-order valence-electron chi connectivity index (χ1n) is 5.85. The lowest BCUT2D eigenvalue weighted by Gasteiger charge is -2.00. The number of aldehydes is 1. The van der Waals surface area contributed by atoms with E-state index in [0.29, 0.717) is 28.9 Å². The summed E-state index contributed by atoms with van der Waals surface area (Å²) < 4.78 is 14.7. The van der Waals surface area contributed by atoms with E-state index in [1.165, 1.54) is 41.6 Å². The minimum Gasteiger partial charge on any atom is -0.298 e. The van der Waals surface area contributed by atoms with Gasteiger partial charge in [0.2, 0.25) is 0 Å². The highest BCUT2D eigenvalue weighted by Crippen LogP contribution is 2.20. The summed E-state index contributed by atoms with van der Waals surface area (Å²) in [6, 6.07) is 5.96. The Kier molecular flexibility index (Phi) is 3.04. The topological polar surface area (TPSA) is 60.7 Å². The first-order valence-corrected chi connectivity index (χ1v) is 5.85. The van der Waals surface area contributed by atoms with Gasteiger partial charge in [-0.15, -0.1) is 0 Å². The zero-order chi connectivity index (χ0) is 13.9. The molecule has 0 N–H and O–H groups in total. The highest BCUT2D eigenvalue weighted by Gasteiger charge is 2.13. The van der Waals surface area contributed by atoms with Crippen LogP contribution in [0.25, 0.3) is 17.1 Å². The van der Waals surface area contributed by atoms with Crippen molar-refractivity contribution in [2.45, 2.75) is 0 Å². The van der Waals surface area contributed by atoms with Gasteiger partial charge in [0.25, 0.3) is 0 Å². The first-order chi connectivity index (χ1) is 9.78. The summed E-state index contributed by atoms with van der Waals surface area (Å²) in [7, 11) is 0. The molecule has 0 bridgehead atoms. The monoisotopic (exact) mass is 268 g/mol. The summed E-state index contributed by atoms with van der Waals surface area (Å²) >= 11 is 0. The molecule has 2 heterocycles. The van der Waals surface area contributed by atoms with Gasteiger partial charge in [0.1, 0.15) is 17.2 Å². The second kappa shape index (κ2) is 5.00. The first kappa shape index (κ1) is 12.2. The lowest BCUT2D eigenvalue weighted by atomic mass is 10.2. The van der Waals surface area contributed by atoms with Crippen LogP contribution in [0.5, 0.6) is 0 Å². The largest absolute Gasteiger partial charge is 0.298 e. The number of halogens is 1. The fourth-order valence-corrected chi connectivity index (χ4v) is 1.84. The third kappa shape index (κ3) is 2.18. The van der Waals surface area contributed by atoms with Crippen molar-refractivity contribution in [2.75, 3.05) is 0 Å². The highest BCUT2D eigenvalue weighted by atomic mass is 19.1. The maximum absolute atomic E-state index is 13.2. The molecular formula is C14H9FN4O. The Bertz CT molecular complexity index is 755. The molecule has 3 aromatic rings. The molecule has 0 amide bonds. The average molecular weight is 268 g/mol. The van der Waals surface area contributed by atoms with Crippen molar-refractivity contribution >= 4 is 6.29 Å². The van der Waals surface area contributed by atoms with Gasteiger partial charge in [-0.25, -0.2) is 9.07 Å². The zero-order valence-corrected chi connectivity index (χ0v) is 10.3. The Hall–Kier alpha value is -2.89. The van der Waals surface area contributed by atoms with Gasteiger partial charge >= 0.3 is 0 Å². The van der Waals surface area contributed by atoms with Gasteiger partial charge < -0.3 is 0 Å². The Morgan fingerprint density at radius 1 is 1.25 bits per heavy atom. The van der Waals surface area contributed by atoms with Crippen LogP contribution in [-0.4, -0.2) is 26.0 Å². The van der Waals surface area contributed by atoms with E-state index >= 15 is 0 Å². The van der Waals surface area contributed by atoms with E-state index < -0.39 is 0 Å². The van der Waals surface area contributed by atoms with Crippen molar-refractivity contribution in [1.82, 2.24) is 19.7 Å². The summed E-state index contributed by atoms with van der Waals surface area (Å²) in [5, 5.41) is 4.28. The summed E-state index contributed by atoms with van der Waals surface area (Å²) in [6.07, 6.45) is 6.79. The molecule has 5 nitrogen and oxygen atoms in total. The number of benzene rings is 1. The van der Waals surface area contributed by atoms with Gasteiger partial charge in [-0.05, 0) is 18.2 Å². The molecule has 0 radical (unpaired) electrons. The third-order valence-corrected chi connectivity index (χ3v) is 2.75. The van der Waals surface area contributed by atoms with Crippen molar-refractivity contribution < 1.29 is 9.18 Å². The number of nitrogens with zero attached hydrogens (tertiary/aromatic N) is 4. The van der Waals surface area contributed by atoms with Crippen LogP contribution in [0.15, 0.2) is 49.1 Å². The molecule has 0 aliphatic rings. The summed E-state index contributed by atoms with van der Waals surface area (Å²) in [5.41, 5.74) is 1.81. The smallest absolute Gasteiger partial charge is 0.153 e. The molecule has 3 rings (SSSR count). The van der Waals surface area contributed by atoms with Crippen LogP contribution in [0.3, 0.4) is 0 Å². The molecule has 1 aromatic carbocycles. The molecular weight excluding hydrogens is 259 g/mol. The minimum atomic E-state index is -0.369. The Morgan fingerprint density at radius 3 is 2.85 bits per heavy atom. The third-order valence-electron chi connectivity index (χ3n) is 2.75. The molecule has 0 saturated carbocycles. The fourth-order valence-electron chi connectivity index (χ4n) is 1.84. The van der Waals surface area contributed by atoms with Crippen LogP contribution in [0, 0.1) is 5.82 Å². The highest BCUT2D eigenvalue weighted by molar-refractivity contribution is 5.84. The lowest BCUT2D eigenvalue weighted by molar-refractivity contribution is 0.112. The van der Waals surface area contributed by atoms with E-state index in [1.807, 2.05) is 0 Å². The van der Waals surface area contributed by atoms with E-state index in [1.54, 1.807) is 12.1 Å². The number of carbonyl (C=O) groups excluding carboxylic acids is 1. The van der Waals surface area contributed by atoms with Gasteiger partial charge in [0, 0.05) is 18.6 Å². The lowest BCUT2D eigenvalue weighted by Crippen LogP contribution is -1.95. The van der Waals surface area contributed by atoms with E-state index in [0.717, 1.165) is 0 Å². The van der Waals surface area contributed by atoms with Gasteiger partial charge in [-0.1, -0.05) is 6.07 Å². The van der Waals surface area contributed by atoms with Crippen LogP contribution in [0.2, 0.25) is 0 Å². The normalized spacial score (nSPS) is 10.4. The zero-order valence-electron chi connectivity index (χ0n) is 10.3. The Labute approximate surface area is 113 Å². The molecule has 0 unspecified atom stereocenters. The number of hydrogen-bond donors (Lipinski definition) is 0. The van der Waals surface area contributed by atoms with E-state index in [9.17, 15) is 9.18 Å². The standard InChI is InChI=1S/C14H9FN4O/c15-11-2-1-3-12(6-11)19-8-10(9-20)14(18-19)13-7-16-4-5-17-13/h1-9H. The van der Waals surface area contributed by atoms with Crippen molar-refractivity contribution in [3.8, 4) is 17.1 Å². The van der Waals surface area contributed by atoms with Crippen molar-refractivity contribution in [1.29, 1.82) is 0 Å². The Morgan fingerprint density at radius 2 is 2.15 bits per heavy atom. The molecule has 0 saturated heterocycles. The van der Waals surface area contributed by atoms with Crippen molar-refractivity contribution in [3.63, 3.8) is 0 Å². The Balaban J connectivity index is 2.12. The van der Waals surface area contributed by atoms with Crippen molar-refractivity contribution in [2.24, 2.45) is 0 Å². The van der Waals surface area contributed by atoms with Gasteiger partial charge in [0.05, 0.1) is 17.4 Å². The predicted octanol–water partition coefficient (Wildman–Crippen LogP) is 2.28. The van der Waals surface area contributed by atoms with Crippen LogP contribution in [0.4, 0.5) is 4.39 Å². The average Bonchev–Trinajstić information content (AvgIpc) is 2.92. The molecule has 0 aliphatic carbocycles. The number of rotatable bonds is 3. The van der Waals surface area contributed by atoms with Crippen molar-refractivity contribution in [3.05, 3.63) is 60.4 Å². The molecule has 0 fully saturated rings. The molecule has 20 heavy (non-hydrogen) atoms. The van der Waals surface area contributed by atoms with Crippen LogP contribution < -0.4 is 0 Å². The summed E-state index contributed by atoms with van der Waals surface area (Å²) in [5.74, 6) is -0.369. The second-order valence-corrected chi connectivity index (χ2v) is 4.07. The summed E-state index contributed by atoms with van der Waals surface area (Å²) in [4.78, 5) is 19.2. The maximum Gasteiger partial charge on any atom is 0.153 e. The molecule has 0 aliphatic heterocycles. The van der Waals surface area contributed by atoms with E-state index in [2.05, 4.69) is 15.1 Å². The second-order valence-electron chi connectivity index (χ2n) is 4.07. The van der Waals surface area contributed by atoms with Gasteiger partial charge in [-0.3, -0.25) is 14.8 Å². The van der Waals surface area contributed by atoms with E-state index in [-0.39, 0.29) is 5.82 Å². The SMILES string of the molecule is O=Cc1cn(-c2cccc(F)c2)nc1-c1cnccn1.